The summed E-state index contributed by atoms with van der Waals surface area (Å²) in [5, 5.41) is 9.22. The van der Waals surface area contributed by atoms with Crippen molar-refractivity contribution in [1.82, 2.24) is 0 Å². The lowest BCUT2D eigenvalue weighted by atomic mass is 10.2. The minimum absolute atomic E-state index is 0.0711. The van der Waals surface area contributed by atoms with E-state index in [1.807, 2.05) is 12.1 Å². The average Bonchev–Trinajstić information content (AvgIpc) is 1.95. The van der Waals surface area contributed by atoms with Crippen LogP contribution in [-0.2, 0) is 0 Å². The Morgan fingerprint density at radius 1 is 1.30 bits per heavy atom. The van der Waals surface area contributed by atoms with Gasteiger partial charge in [0.05, 0.1) is 6.61 Å². The summed E-state index contributed by atoms with van der Waals surface area (Å²) >= 11 is 5.64. The van der Waals surface area contributed by atoms with Crippen molar-refractivity contribution < 1.29 is 5.11 Å². The number of hydrogen-bond acceptors (Lipinski definition) is 1. The predicted molar refractivity (Wildman–Crippen MR) is 41.9 cm³/mol. The van der Waals surface area contributed by atoms with Gasteiger partial charge in [0, 0.05) is 11.4 Å². The fourth-order valence-corrected chi connectivity index (χ4v) is 0.830. The third-order valence-corrected chi connectivity index (χ3v) is 1.45. The summed E-state index contributed by atoms with van der Waals surface area (Å²) in [6, 6.07) is 7.31. The van der Waals surface area contributed by atoms with E-state index in [1.54, 1.807) is 18.6 Å². The molecule has 1 nitrogen and oxygen atoms in total. The molecule has 0 aliphatic carbocycles. The molecule has 0 unspecified atom stereocenters. The zero-order chi connectivity index (χ0) is 7.40. The molecule has 1 aromatic rings. The predicted octanol–water partition coefficient (Wildman–Crippen LogP) is 1.88. The summed E-state index contributed by atoms with van der Waals surface area (Å²) in [7, 11) is 0. The molecule has 10 heavy (non-hydrogen) atoms. The molecule has 0 saturated carbocycles. The number of halogens is 1. The van der Waals surface area contributed by atoms with Crippen LogP contribution in [0.25, 0.3) is 0 Å². The molecule has 0 aromatic heterocycles. The van der Waals surface area contributed by atoms with Crippen molar-refractivity contribution in [3.8, 4) is 0 Å². The molecule has 0 aliphatic heterocycles. The van der Waals surface area contributed by atoms with Crippen molar-refractivity contribution in [1.29, 1.82) is 0 Å². The highest BCUT2D eigenvalue weighted by Gasteiger charge is 1.90. The highest BCUT2D eigenvalue weighted by Crippen LogP contribution is 2.10. The lowest BCUT2D eigenvalue weighted by Crippen LogP contribution is -1.85. The molecule has 0 atom stereocenters. The zero-order valence-corrected chi connectivity index (χ0v) is 6.17. The van der Waals surface area contributed by atoms with Gasteiger partial charge in [-0.3, -0.25) is 0 Å². The molecule has 0 saturated heterocycles. The van der Waals surface area contributed by atoms with E-state index in [0.717, 1.165) is 10.6 Å². The second-order valence-corrected chi connectivity index (χ2v) is 2.37. The number of benzene rings is 1. The van der Waals surface area contributed by atoms with E-state index in [-0.39, 0.29) is 6.61 Å². The van der Waals surface area contributed by atoms with Gasteiger partial charge in [-0.05, 0) is 17.7 Å². The minimum Gasteiger partial charge on any atom is -0.396 e. The van der Waals surface area contributed by atoms with Crippen molar-refractivity contribution in [2.75, 3.05) is 6.61 Å². The molecular formula is C8H8ClO. The van der Waals surface area contributed by atoms with Gasteiger partial charge in [-0.15, -0.1) is 0 Å². The SMILES string of the molecule is OC[CH]c1ccc(Cl)cc1. The molecule has 1 radical (unpaired) electrons. The smallest absolute Gasteiger partial charge is 0.0506 e. The second-order valence-electron chi connectivity index (χ2n) is 1.94. The average molecular weight is 156 g/mol. The lowest BCUT2D eigenvalue weighted by molar-refractivity contribution is 0.331. The Morgan fingerprint density at radius 2 is 1.90 bits per heavy atom. The summed E-state index contributed by atoms with van der Waals surface area (Å²) in [6.45, 7) is 0.0711. The molecule has 0 heterocycles. The second kappa shape index (κ2) is 3.59. The van der Waals surface area contributed by atoms with Gasteiger partial charge in [0.1, 0.15) is 0 Å². The van der Waals surface area contributed by atoms with E-state index in [9.17, 15) is 0 Å². The molecule has 2 heteroatoms. The van der Waals surface area contributed by atoms with E-state index in [2.05, 4.69) is 0 Å². The Morgan fingerprint density at radius 3 is 2.40 bits per heavy atom. The molecular weight excluding hydrogens is 148 g/mol. The molecule has 0 bridgehead atoms. The molecule has 0 spiro atoms. The highest BCUT2D eigenvalue weighted by atomic mass is 35.5. The molecule has 53 valence electrons. The van der Waals surface area contributed by atoms with Gasteiger partial charge in [0.2, 0.25) is 0 Å². The summed E-state index contributed by atoms with van der Waals surface area (Å²) in [5.74, 6) is 0. The van der Waals surface area contributed by atoms with Gasteiger partial charge in [-0.1, -0.05) is 23.7 Å². The van der Waals surface area contributed by atoms with Crippen molar-refractivity contribution in [3.63, 3.8) is 0 Å². The first-order valence-corrected chi connectivity index (χ1v) is 3.40. The van der Waals surface area contributed by atoms with Gasteiger partial charge < -0.3 is 5.11 Å². The molecule has 1 aromatic carbocycles. The molecule has 0 fully saturated rings. The Kier molecular flexibility index (Phi) is 2.72. The van der Waals surface area contributed by atoms with Crippen molar-refractivity contribution in [2.45, 2.75) is 0 Å². The van der Waals surface area contributed by atoms with Gasteiger partial charge in [-0.2, -0.15) is 0 Å². The first-order valence-electron chi connectivity index (χ1n) is 3.02. The standard InChI is InChI=1S/C8H8ClO/c9-8-3-1-7(2-4-8)5-6-10/h1-5,10H,6H2. The van der Waals surface area contributed by atoms with Gasteiger partial charge in [-0.25, -0.2) is 0 Å². The third-order valence-electron chi connectivity index (χ3n) is 1.20. The van der Waals surface area contributed by atoms with E-state index in [0.29, 0.717) is 0 Å². The molecule has 1 N–H and O–H groups in total. The van der Waals surface area contributed by atoms with Crippen LogP contribution in [-0.4, -0.2) is 11.7 Å². The van der Waals surface area contributed by atoms with Crippen molar-refractivity contribution >= 4 is 11.6 Å². The monoisotopic (exact) mass is 155 g/mol. The summed E-state index contributed by atoms with van der Waals surface area (Å²) in [4.78, 5) is 0. The zero-order valence-electron chi connectivity index (χ0n) is 5.42. The van der Waals surface area contributed by atoms with Crippen LogP contribution < -0.4 is 0 Å². The van der Waals surface area contributed by atoms with E-state index in [1.165, 1.54) is 0 Å². The van der Waals surface area contributed by atoms with Gasteiger partial charge in [0.25, 0.3) is 0 Å². The number of rotatable bonds is 2. The van der Waals surface area contributed by atoms with E-state index < -0.39 is 0 Å². The Hall–Kier alpha value is -0.530. The van der Waals surface area contributed by atoms with Gasteiger partial charge in [0.15, 0.2) is 0 Å². The highest BCUT2D eigenvalue weighted by molar-refractivity contribution is 6.30. The quantitative estimate of drug-likeness (QED) is 0.692. The number of hydrogen-bond donors (Lipinski definition) is 1. The van der Waals surface area contributed by atoms with Crippen LogP contribution in [0.15, 0.2) is 24.3 Å². The third kappa shape index (κ3) is 2.01. The van der Waals surface area contributed by atoms with Crippen molar-refractivity contribution in [2.24, 2.45) is 0 Å². The van der Waals surface area contributed by atoms with Crippen LogP contribution in [0.5, 0.6) is 0 Å². The van der Waals surface area contributed by atoms with Crippen LogP contribution >= 0.6 is 11.6 Å². The maximum Gasteiger partial charge on any atom is 0.0506 e. The summed E-state index contributed by atoms with van der Waals surface area (Å²) in [6.07, 6.45) is 1.72. The van der Waals surface area contributed by atoms with Crippen LogP contribution in [0, 0.1) is 6.42 Å². The first kappa shape index (κ1) is 7.58. The van der Waals surface area contributed by atoms with Crippen LogP contribution in [0.2, 0.25) is 5.02 Å². The first-order chi connectivity index (χ1) is 4.83. The Labute approximate surface area is 65.3 Å². The number of aliphatic hydroxyl groups is 1. The van der Waals surface area contributed by atoms with Gasteiger partial charge >= 0.3 is 0 Å². The van der Waals surface area contributed by atoms with Crippen LogP contribution in [0.3, 0.4) is 0 Å². The summed E-state index contributed by atoms with van der Waals surface area (Å²) in [5.41, 5.74) is 0.993. The largest absolute Gasteiger partial charge is 0.396 e. The maximum absolute atomic E-state index is 8.50. The lowest BCUT2D eigenvalue weighted by Gasteiger charge is -1.95. The van der Waals surface area contributed by atoms with Crippen molar-refractivity contribution in [3.05, 3.63) is 41.3 Å². The Balaban J connectivity index is 2.69. The molecule has 0 amide bonds. The fraction of sp³-hybridized carbons (Fsp3) is 0.125. The molecule has 0 aliphatic rings. The fourth-order valence-electron chi connectivity index (χ4n) is 0.704. The van der Waals surface area contributed by atoms with E-state index in [4.69, 9.17) is 16.7 Å². The van der Waals surface area contributed by atoms with Crippen LogP contribution in [0.4, 0.5) is 0 Å². The Bertz CT molecular complexity index is 193. The normalized spacial score (nSPS) is 9.80. The minimum atomic E-state index is 0.0711. The summed E-state index contributed by atoms with van der Waals surface area (Å²) < 4.78 is 0. The van der Waals surface area contributed by atoms with Crippen LogP contribution in [0.1, 0.15) is 5.56 Å². The topological polar surface area (TPSA) is 20.2 Å². The maximum atomic E-state index is 8.50. The number of aliphatic hydroxyl groups excluding tert-OH is 1. The van der Waals surface area contributed by atoms with E-state index >= 15 is 0 Å². The molecule has 1 rings (SSSR count).